The van der Waals surface area contributed by atoms with Gasteiger partial charge in [0, 0.05) is 30.4 Å². The van der Waals surface area contributed by atoms with E-state index in [0.29, 0.717) is 11.4 Å². The van der Waals surface area contributed by atoms with E-state index in [0.717, 1.165) is 16.9 Å². The van der Waals surface area contributed by atoms with Gasteiger partial charge in [-0.3, -0.25) is 0 Å². The van der Waals surface area contributed by atoms with Crippen LogP contribution in [0.3, 0.4) is 0 Å². The van der Waals surface area contributed by atoms with E-state index in [1.807, 2.05) is 35.9 Å². The van der Waals surface area contributed by atoms with Crippen LogP contribution in [-0.4, -0.2) is 24.3 Å². The molecule has 3 aromatic rings. The number of benzene rings is 1. The Hall–Kier alpha value is -1.89. The van der Waals surface area contributed by atoms with Gasteiger partial charge >= 0.3 is 0 Å². The Bertz CT molecular complexity index is 951. The highest BCUT2D eigenvalue weighted by Crippen LogP contribution is 2.15. The van der Waals surface area contributed by atoms with Gasteiger partial charge in [0.1, 0.15) is 5.65 Å². The molecule has 5 nitrogen and oxygen atoms in total. The van der Waals surface area contributed by atoms with E-state index in [9.17, 15) is 8.42 Å². The summed E-state index contributed by atoms with van der Waals surface area (Å²) in [5, 5.41) is 0.392. The number of aryl methyl sites for hydroxylation is 1. The summed E-state index contributed by atoms with van der Waals surface area (Å²) >= 11 is 5.83. The van der Waals surface area contributed by atoms with Crippen molar-refractivity contribution in [1.29, 1.82) is 0 Å². The second kappa shape index (κ2) is 6.31. The number of nitrogens with zero attached hydrogens (tertiary/aromatic N) is 2. The summed E-state index contributed by atoms with van der Waals surface area (Å²) in [6.07, 6.45) is 4.36. The van der Waals surface area contributed by atoms with Gasteiger partial charge in [-0.05, 0) is 42.8 Å². The molecule has 0 bridgehead atoms. The van der Waals surface area contributed by atoms with Gasteiger partial charge < -0.3 is 4.40 Å². The monoisotopic (exact) mass is 349 g/mol. The Morgan fingerprint density at radius 3 is 2.87 bits per heavy atom. The molecule has 0 aliphatic heterocycles. The van der Waals surface area contributed by atoms with Crippen molar-refractivity contribution >= 4 is 27.3 Å². The average molecular weight is 350 g/mol. The molecular formula is C16H16ClN3O2S. The number of sulfonamides is 1. The quantitative estimate of drug-likeness (QED) is 0.770. The zero-order chi connectivity index (χ0) is 16.4. The maximum Gasteiger partial charge on any atom is 0.240 e. The van der Waals surface area contributed by atoms with E-state index >= 15 is 0 Å². The van der Waals surface area contributed by atoms with Crippen molar-refractivity contribution in [3.8, 4) is 0 Å². The minimum atomic E-state index is -3.56. The molecule has 0 unspecified atom stereocenters. The van der Waals surface area contributed by atoms with E-state index < -0.39 is 10.0 Å². The Kier molecular flexibility index (Phi) is 4.39. The number of halogens is 1. The van der Waals surface area contributed by atoms with Crippen LogP contribution in [0.1, 0.15) is 11.3 Å². The highest BCUT2D eigenvalue weighted by atomic mass is 35.5. The molecule has 1 N–H and O–H groups in total. The molecule has 0 saturated carbocycles. The molecule has 0 saturated heterocycles. The lowest BCUT2D eigenvalue weighted by atomic mass is 10.3. The molecule has 1 aromatic carbocycles. The Morgan fingerprint density at radius 1 is 1.26 bits per heavy atom. The number of pyridine rings is 1. The molecule has 0 aliphatic rings. The first kappa shape index (κ1) is 16.0. The first-order valence-electron chi connectivity index (χ1n) is 7.13. The predicted molar refractivity (Wildman–Crippen MR) is 90.3 cm³/mol. The fraction of sp³-hybridized carbons (Fsp3) is 0.188. The highest BCUT2D eigenvalue weighted by molar-refractivity contribution is 7.89. The summed E-state index contributed by atoms with van der Waals surface area (Å²) in [4.78, 5) is 4.65. The van der Waals surface area contributed by atoms with Crippen LogP contribution in [0, 0.1) is 6.92 Å². The molecule has 23 heavy (non-hydrogen) atoms. The van der Waals surface area contributed by atoms with Crippen LogP contribution in [-0.2, 0) is 16.4 Å². The fourth-order valence-electron chi connectivity index (χ4n) is 2.29. The molecule has 0 aliphatic carbocycles. The third-order valence-corrected chi connectivity index (χ3v) is 5.14. The normalized spacial score (nSPS) is 11.9. The van der Waals surface area contributed by atoms with Gasteiger partial charge in [-0.15, -0.1) is 0 Å². The van der Waals surface area contributed by atoms with Crippen molar-refractivity contribution in [2.75, 3.05) is 6.54 Å². The number of aromatic nitrogens is 2. The second-order valence-corrected chi connectivity index (χ2v) is 7.51. The highest BCUT2D eigenvalue weighted by Gasteiger charge is 2.14. The first-order chi connectivity index (χ1) is 10.9. The summed E-state index contributed by atoms with van der Waals surface area (Å²) in [6, 6.07) is 10.2. The van der Waals surface area contributed by atoms with Crippen molar-refractivity contribution in [3.63, 3.8) is 0 Å². The van der Waals surface area contributed by atoms with E-state index in [4.69, 9.17) is 11.6 Å². The molecule has 7 heteroatoms. The third-order valence-electron chi connectivity index (χ3n) is 3.45. The molecule has 120 valence electrons. The predicted octanol–water partition coefficient (Wildman–Crippen LogP) is 2.82. The lowest BCUT2D eigenvalue weighted by Crippen LogP contribution is -2.26. The largest absolute Gasteiger partial charge is 0.307 e. The number of fused-ring (bicyclic) bond motifs is 1. The van der Waals surface area contributed by atoms with Crippen molar-refractivity contribution in [2.24, 2.45) is 0 Å². The van der Waals surface area contributed by atoms with E-state index in [1.54, 1.807) is 12.1 Å². The summed E-state index contributed by atoms with van der Waals surface area (Å²) in [7, 11) is -3.56. The van der Waals surface area contributed by atoms with Crippen molar-refractivity contribution in [1.82, 2.24) is 14.1 Å². The number of nitrogens with one attached hydrogen (secondary N) is 1. The molecule has 0 radical (unpaired) electrons. The molecule has 0 spiro atoms. The van der Waals surface area contributed by atoms with E-state index in [2.05, 4.69) is 9.71 Å². The van der Waals surface area contributed by atoms with Crippen LogP contribution in [0.5, 0.6) is 0 Å². The molecule has 2 heterocycles. The maximum absolute atomic E-state index is 12.2. The number of imidazole rings is 1. The topological polar surface area (TPSA) is 63.5 Å². The summed E-state index contributed by atoms with van der Waals surface area (Å²) in [5.74, 6) is 0. The molecular weight excluding hydrogens is 334 g/mol. The Morgan fingerprint density at radius 2 is 2.09 bits per heavy atom. The Labute approximate surface area is 140 Å². The fourth-order valence-corrected chi connectivity index (χ4v) is 3.62. The SMILES string of the molecule is Cc1ccn2cc(CCNS(=O)(=O)c3cccc(Cl)c3)nc2c1. The Balaban J connectivity index is 1.68. The zero-order valence-corrected chi connectivity index (χ0v) is 14.1. The molecule has 3 rings (SSSR count). The van der Waals surface area contributed by atoms with Gasteiger partial charge in [-0.25, -0.2) is 18.1 Å². The maximum atomic E-state index is 12.2. The minimum Gasteiger partial charge on any atom is -0.307 e. The van der Waals surface area contributed by atoms with E-state index in [-0.39, 0.29) is 11.4 Å². The third kappa shape index (κ3) is 3.72. The van der Waals surface area contributed by atoms with Gasteiger partial charge in [0.15, 0.2) is 0 Å². The number of hydrogen-bond donors (Lipinski definition) is 1. The van der Waals surface area contributed by atoms with Gasteiger partial charge in [0.2, 0.25) is 10.0 Å². The zero-order valence-electron chi connectivity index (χ0n) is 12.5. The standard InChI is InChI=1S/C16H16ClN3O2S/c1-12-6-8-20-11-14(19-16(20)9-12)5-7-18-23(21,22)15-4-2-3-13(17)10-15/h2-4,6,8-11,18H,5,7H2,1H3. The van der Waals surface area contributed by atoms with Crippen LogP contribution in [0.2, 0.25) is 5.02 Å². The van der Waals surface area contributed by atoms with Crippen molar-refractivity contribution in [3.05, 3.63) is 65.1 Å². The van der Waals surface area contributed by atoms with E-state index in [1.165, 1.54) is 12.1 Å². The van der Waals surface area contributed by atoms with Crippen LogP contribution < -0.4 is 4.72 Å². The molecule has 0 atom stereocenters. The van der Waals surface area contributed by atoms with Crippen molar-refractivity contribution < 1.29 is 8.42 Å². The molecule has 2 aromatic heterocycles. The summed E-state index contributed by atoms with van der Waals surface area (Å²) in [5.41, 5.74) is 2.83. The number of rotatable bonds is 5. The first-order valence-corrected chi connectivity index (χ1v) is 9.00. The summed E-state index contributed by atoms with van der Waals surface area (Å²) in [6.45, 7) is 2.28. The van der Waals surface area contributed by atoms with Crippen molar-refractivity contribution in [2.45, 2.75) is 18.2 Å². The van der Waals surface area contributed by atoms with Gasteiger partial charge in [-0.1, -0.05) is 17.7 Å². The summed E-state index contributed by atoms with van der Waals surface area (Å²) < 4.78 is 28.9. The van der Waals surface area contributed by atoms with Crippen LogP contribution >= 0.6 is 11.6 Å². The average Bonchev–Trinajstić information content (AvgIpc) is 2.89. The smallest absolute Gasteiger partial charge is 0.240 e. The van der Waals surface area contributed by atoms with Crippen LogP contribution in [0.4, 0.5) is 0 Å². The van der Waals surface area contributed by atoms with Gasteiger partial charge in [0.25, 0.3) is 0 Å². The lowest BCUT2D eigenvalue weighted by Gasteiger charge is -2.06. The van der Waals surface area contributed by atoms with Crippen LogP contribution in [0.25, 0.3) is 5.65 Å². The second-order valence-electron chi connectivity index (χ2n) is 5.31. The van der Waals surface area contributed by atoms with Gasteiger partial charge in [-0.2, -0.15) is 0 Å². The molecule has 0 amide bonds. The number of hydrogen-bond acceptors (Lipinski definition) is 3. The lowest BCUT2D eigenvalue weighted by molar-refractivity contribution is 0.581. The minimum absolute atomic E-state index is 0.163. The van der Waals surface area contributed by atoms with Crippen LogP contribution in [0.15, 0.2) is 53.7 Å². The molecule has 0 fully saturated rings. The van der Waals surface area contributed by atoms with Gasteiger partial charge in [0.05, 0.1) is 10.6 Å².